The second kappa shape index (κ2) is 6.29. The predicted octanol–water partition coefficient (Wildman–Crippen LogP) is 2.78. The van der Waals surface area contributed by atoms with Crippen LogP contribution < -0.4 is 5.32 Å². The molecule has 0 bridgehead atoms. The molecule has 1 aromatic rings. The predicted molar refractivity (Wildman–Crippen MR) is 86.0 cm³/mol. The van der Waals surface area contributed by atoms with Crippen LogP contribution in [0.2, 0.25) is 5.02 Å². The number of benzene rings is 1. The van der Waals surface area contributed by atoms with Gasteiger partial charge in [0.1, 0.15) is 0 Å². The first kappa shape index (κ1) is 15.3. The van der Waals surface area contributed by atoms with E-state index in [9.17, 15) is 9.59 Å². The Morgan fingerprint density at radius 2 is 2.05 bits per heavy atom. The number of nitrogens with one attached hydrogen (secondary N) is 1. The van der Waals surface area contributed by atoms with Crippen molar-refractivity contribution in [2.24, 2.45) is 5.92 Å². The normalized spacial score (nSPS) is 21.5. The van der Waals surface area contributed by atoms with Crippen LogP contribution in [0.25, 0.3) is 0 Å². The van der Waals surface area contributed by atoms with Crippen molar-refractivity contribution in [1.82, 2.24) is 10.2 Å². The fraction of sp³-hybridized carbons (Fsp3) is 0.529. The van der Waals surface area contributed by atoms with Gasteiger partial charge < -0.3 is 10.2 Å². The molecule has 1 N–H and O–H groups in total. The van der Waals surface area contributed by atoms with Gasteiger partial charge in [-0.3, -0.25) is 9.59 Å². The minimum atomic E-state index is -0.153. The van der Waals surface area contributed by atoms with Gasteiger partial charge in [-0.15, -0.1) is 0 Å². The minimum Gasteiger partial charge on any atom is -0.347 e. The Morgan fingerprint density at radius 1 is 1.27 bits per heavy atom. The van der Waals surface area contributed by atoms with Crippen LogP contribution in [0.4, 0.5) is 0 Å². The maximum absolute atomic E-state index is 12.4. The molecule has 1 saturated carbocycles. The number of likely N-dealkylation sites (tertiary alicyclic amines) is 1. The summed E-state index contributed by atoms with van der Waals surface area (Å²) in [5.41, 5.74) is 1.51. The van der Waals surface area contributed by atoms with Gasteiger partial charge in [0.2, 0.25) is 5.91 Å². The van der Waals surface area contributed by atoms with E-state index in [0.717, 1.165) is 37.8 Å². The van der Waals surface area contributed by atoms with Crippen LogP contribution in [0, 0.1) is 12.8 Å². The molecule has 0 unspecified atom stereocenters. The smallest absolute Gasteiger partial charge is 0.253 e. The van der Waals surface area contributed by atoms with Crippen LogP contribution in [0.5, 0.6) is 0 Å². The van der Waals surface area contributed by atoms with Crippen molar-refractivity contribution >= 4 is 23.4 Å². The van der Waals surface area contributed by atoms with E-state index >= 15 is 0 Å². The summed E-state index contributed by atoms with van der Waals surface area (Å²) in [5.74, 6) is 0.340. The van der Waals surface area contributed by atoms with Gasteiger partial charge in [0.15, 0.2) is 0 Å². The zero-order chi connectivity index (χ0) is 15.7. The lowest BCUT2D eigenvalue weighted by Gasteiger charge is -2.33. The molecule has 1 aliphatic carbocycles. The molecule has 2 amide bonds. The van der Waals surface area contributed by atoms with Crippen molar-refractivity contribution < 1.29 is 9.59 Å². The number of amides is 2. The summed E-state index contributed by atoms with van der Waals surface area (Å²) < 4.78 is 0. The molecule has 0 aromatic heterocycles. The number of hydrogen-bond acceptors (Lipinski definition) is 2. The van der Waals surface area contributed by atoms with E-state index in [-0.39, 0.29) is 23.8 Å². The quantitative estimate of drug-likeness (QED) is 0.931. The molecule has 0 spiro atoms. The van der Waals surface area contributed by atoms with Gasteiger partial charge in [0.05, 0.1) is 10.6 Å². The van der Waals surface area contributed by atoms with E-state index in [4.69, 9.17) is 11.6 Å². The van der Waals surface area contributed by atoms with Crippen molar-refractivity contribution in [3.8, 4) is 0 Å². The lowest BCUT2D eigenvalue weighted by Crippen LogP contribution is -2.50. The van der Waals surface area contributed by atoms with Gasteiger partial charge >= 0.3 is 0 Å². The van der Waals surface area contributed by atoms with E-state index in [1.807, 2.05) is 17.9 Å². The fourth-order valence-electron chi connectivity index (χ4n) is 2.96. The number of carbonyl (C=O) groups is 2. The summed E-state index contributed by atoms with van der Waals surface area (Å²) in [4.78, 5) is 26.5. The summed E-state index contributed by atoms with van der Waals surface area (Å²) in [6, 6.07) is 5.44. The largest absolute Gasteiger partial charge is 0.347 e. The van der Waals surface area contributed by atoms with Crippen molar-refractivity contribution in [3.05, 3.63) is 34.3 Å². The Hall–Kier alpha value is -1.55. The third-order valence-corrected chi connectivity index (χ3v) is 4.69. The third kappa shape index (κ3) is 3.43. The molecule has 5 heteroatoms. The number of rotatable bonds is 3. The Bertz CT molecular complexity index is 598. The first-order chi connectivity index (χ1) is 10.5. The molecular weight excluding hydrogens is 300 g/mol. The van der Waals surface area contributed by atoms with Gasteiger partial charge in [-0.1, -0.05) is 23.2 Å². The highest BCUT2D eigenvalue weighted by molar-refractivity contribution is 6.33. The highest BCUT2D eigenvalue weighted by atomic mass is 35.5. The third-order valence-electron chi connectivity index (χ3n) is 4.36. The van der Waals surface area contributed by atoms with Crippen LogP contribution >= 0.6 is 11.6 Å². The van der Waals surface area contributed by atoms with Gasteiger partial charge in [-0.25, -0.2) is 0 Å². The molecule has 4 nitrogen and oxygen atoms in total. The molecule has 118 valence electrons. The average Bonchev–Trinajstić information content (AvgIpc) is 3.34. The van der Waals surface area contributed by atoms with Crippen molar-refractivity contribution in [2.75, 3.05) is 13.1 Å². The Morgan fingerprint density at radius 3 is 2.77 bits per heavy atom. The van der Waals surface area contributed by atoms with E-state index in [1.165, 1.54) is 0 Å². The standard InChI is InChI=1S/C17H21ClN2O2/c1-11-4-7-15(18)14(9-11)16(21)19-13-3-2-8-20(10-13)17(22)12-5-6-12/h4,7,9,12-13H,2-3,5-6,8,10H2,1H3,(H,19,21)/t13-/m0/s1. The number of nitrogens with zero attached hydrogens (tertiary/aromatic N) is 1. The van der Waals surface area contributed by atoms with Gasteiger partial charge in [-0.2, -0.15) is 0 Å². The average molecular weight is 321 g/mol. The van der Waals surface area contributed by atoms with Crippen LogP contribution in [-0.2, 0) is 4.79 Å². The van der Waals surface area contributed by atoms with Crippen LogP contribution in [0.3, 0.4) is 0 Å². The zero-order valence-corrected chi connectivity index (χ0v) is 13.5. The van der Waals surface area contributed by atoms with Crippen molar-refractivity contribution in [2.45, 2.75) is 38.6 Å². The highest BCUT2D eigenvalue weighted by Crippen LogP contribution is 2.32. The van der Waals surface area contributed by atoms with Crippen LogP contribution in [0.15, 0.2) is 18.2 Å². The van der Waals surface area contributed by atoms with E-state index in [1.54, 1.807) is 12.1 Å². The summed E-state index contributed by atoms with van der Waals surface area (Å²) in [5, 5.41) is 3.49. The fourth-order valence-corrected chi connectivity index (χ4v) is 3.16. The Balaban J connectivity index is 1.63. The molecule has 3 rings (SSSR count). The number of hydrogen-bond donors (Lipinski definition) is 1. The number of aryl methyl sites for hydroxylation is 1. The topological polar surface area (TPSA) is 49.4 Å². The summed E-state index contributed by atoms with van der Waals surface area (Å²) in [6.07, 6.45) is 3.88. The Labute approximate surface area is 135 Å². The van der Waals surface area contributed by atoms with Gasteiger partial charge in [0, 0.05) is 25.0 Å². The van der Waals surface area contributed by atoms with E-state index in [0.29, 0.717) is 17.1 Å². The molecule has 1 saturated heterocycles. The monoisotopic (exact) mass is 320 g/mol. The molecule has 1 atom stereocenters. The molecular formula is C17H21ClN2O2. The summed E-state index contributed by atoms with van der Waals surface area (Å²) in [7, 11) is 0. The lowest BCUT2D eigenvalue weighted by molar-refractivity contribution is -0.133. The zero-order valence-electron chi connectivity index (χ0n) is 12.8. The Kier molecular flexibility index (Phi) is 4.39. The maximum Gasteiger partial charge on any atom is 0.253 e. The molecule has 1 aromatic carbocycles. The van der Waals surface area contributed by atoms with Crippen molar-refractivity contribution in [1.29, 1.82) is 0 Å². The summed E-state index contributed by atoms with van der Waals surface area (Å²) >= 11 is 6.11. The highest BCUT2D eigenvalue weighted by Gasteiger charge is 2.35. The van der Waals surface area contributed by atoms with Gasteiger partial charge in [0.25, 0.3) is 5.91 Å². The second-order valence-electron chi connectivity index (χ2n) is 6.35. The molecule has 22 heavy (non-hydrogen) atoms. The molecule has 2 aliphatic rings. The number of carbonyl (C=O) groups excluding carboxylic acids is 2. The first-order valence-electron chi connectivity index (χ1n) is 7.90. The van der Waals surface area contributed by atoms with Crippen LogP contribution in [-0.4, -0.2) is 35.8 Å². The second-order valence-corrected chi connectivity index (χ2v) is 6.76. The maximum atomic E-state index is 12.4. The first-order valence-corrected chi connectivity index (χ1v) is 8.28. The van der Waals surface area contributed by atoms with E-state index in [2.05, 4.69) is 5.32 Å². The summed E-state index contributed by atoms with van der Waals surface area (Å²) in [6.45, 7) is 3.36. The molecule has 0 radical (unpaired) electrons. The number of halogens is 1. The molecule has 1 aliphatic heterocycles. The number of piperidine rings is 1. The van der Waals surface area contributed by atoms with Gasteiger partial charge in [-0.05, 0) is 44.7 Å². The van der Waals surface area contributed by atoms with Crippen LogP contribution in [0.1, 0.15) is 41.6 Å². The minimum absolute atomic E-state index is 0.0144. The van der Waals surface area contributed by atoms with E-state index < -0.39 is 0 Å². The SMILES string of the molecule is Cc1ccc(Cl)c(C(=O)N[C@H]2CCCN(C(=O)C3CC3)C2)c1. The lowest BCUT2D eigenvalue weighted by atomic mass is 10.0. The molecule has 2 fully saturated rings. The molecule has 1 heterocycles. The van der Waals surface area contributed by atoms with Crippen molar-refractivity contribution in [3.63, 3.8) is 0 Å².